The Hall–Kier alpha value is -0.930. The van der Waals surface area contributed by atoms with E-state index in [0.29, 0.717) is 0 Å². The first-order valence-electron chi connectivity index (χ1n) is 7.67. The maximum absolute atomic E-state index is 3.91. The number of nitrogens with one attached hydrogen (secondary N) is 2. The van der Waals surface area contributed by atoms with E-state index in [4.69, 9.17) is 0 Å². The van der Waals surface area contributed by atoms with E-state index >= 15 is 0 Å². The van der Waals surface area contributed by atoms with Crippen LogP contribution in [0.1, 0.15) is 25.7 Å². The highest BCUT2D eigenvalue weighted by molar-refractivity contribution is 5.24. The Kier molecular flexibility index (Phi) is 5.34. The summed E-state index contributed by atoms with van der Waals surface area (Å²) in [5.41, 5.74) is 1.27. The molecule has 1 aromatic rings. The van der Waals surface area contributed by atoms with Gasteiger partial charge in [-0.2, -0.15) is 0 Å². The van der Waals surface area contributed by atoms with Gasteiger partial charge in [-0.3, -0.25) is 4.98 Å². The molecule has 2 saturated heterocycles. The van der Waals surface area contributed by atoms with Crippen molar-refractivity contribution in [2.24, 2.45) is 11.8 Å². The summed E-state index contributed by atoms with van der Waals surface area (Å²) >= 11 is 0. The van der Waals surface area contributed by atoms with Gasteiger partial charge in [0, 0.05) is 36.4 Å². The van der Waals surface area contributed by atoms with Crippen LogP contribution in [0.3, 0.4) is 0 Å². The Morgan fingerprint density at radius 1 is 1.00 bits per heavy atom. The number of quaternary nitrogens is 2. The lowest BCUT2D eigenvalue weighted by Gasteiger charge is -2.18. The lowest BCUT2D eigenvalue weighted by atomic mass is 9.84. The van der Waals surface area contributed by atoms with Crippen LogP contribution in [0.5, 0.6) is 0 Å². The van der Waals surface area contributed by atoms with Crippen molar-refractivity contribution in [1.82, 2.24) is 4.98 Å². The molecule has 0 radical (unpaired) electrons. The van der Waals surface area contributed by atoms with Crippen molar-refractivity contribution in [3.63, 3.8) is 0 Å². The van der Waals surface area contributed by atoms with Crippen molar-refractivity contribution >= 4 is 5.69 Å². The number of rotatable bonds is 1. The quantitative estimate of drug-likeness (QED) is 0.741. The third-order valence-electron chi connectivity index (χ3n) is 4.50. The summed E-state index contributed by atoms with van der Waals surface area (Å²) in [5, 5.41) is 0. The average Bonchev–Trinajstić information content (AvgIpc) is 2.71. The van der Waals surface area contributed by atoms with Crippen molar-refractivity contribution in [2.45, 2.75) is 25.7 Å². The van der Waals surface area contributed by atoms with Crippen LogP contribution in [0, 0.1) is 11.8 Å². The molecule has 2 aliphatic heterocycles. The van der Waals surface area contributed by atoms with Gasteiger partial charge in [0.25, 0.3) is 0 Å². The van der Waals surface area contributed by atoms with Crippen molar-refractivity contribution in [1.29, 1.82) is 0 Å². The fraction of sp³-hybridized carbons (Fsp3) is 0.688. The van der Waals surface area contributed by atoms with Crippen LogP contribution in [0.2, 0.25) is 0 Å². The van der Waals surface area contributed by atoms with E-state index in [1.807, 2.05) is 24.5 Å². The topological polar surface area (TPSA) is 21.8 Å². The fourth-order valence-corrected chi connectivity index (χ4v) is 3.39. The van der Waals surface area contributed by atoms with Gasteiger partial charge in [0.05, 0.1) is 34.2 Å². The summed E-state index contributed by atoms with van der Waals surface area (Å²) < 4.78 is 0. The second-order valence-electron chi connectivity index (χ2n) is 6.49. The molecule has 19 heavy (non-hydrogen) atoms. The first kappa shape index (κ1) is 14.5. The smallest absolute Gasteiger partial charge is 0.133 e. The highest BCUT2D eigenvalue weighted by Crippen LogP contribution is 2.28. The molecule has 2 N–H and O–H groups in total. The van der Waals surface area contributed by atoms with Crippen molar-refractivity contribution in [2.75, 3.05) is 34.2 Å². The van der Waals surface area contributed by atoms with Crippen molar-refractivity contribution in [3.8, 4) is 0 Å². The minimum Gasteiger partial charge on any atom is -0.337 e. The molecule has 0 spiro atoms. The molecule has 0 unspecified atom stereocenters. The number of hydrogen-bond acceptors (Lipinski definition) is 1. The van der Waals surface area contributed by atoms with E-state index in [1.54, 1.807) is 4.90 Å². The van der Waals surface area contributed by atoms with Crippen LogP contribution in [0.25, 0.3) is 0 Å². The van der Waals surface area contributed by atoms with Gasteiger partial charge in [-0.25, -0.2) is 0 Å². The molecule has 106 valence electrons. The zero-order valence-corrected chi connectivity index (χ0v) is 12.7. The molecule has 3 heteroatoms. The lowest BCUT2D eigenvalue weighted by molar-refractivity contribution is -0.883. The lowest BCUT2D eigenvalue weighted by Crippen LogP contribution is -3.09. The van der Waals surface area contributed by atoms with E-state index in [1.165, 1.54) is 49.4 Å². The number of fused-ring (bicyclic) bond motifs is 4. The normalized spacial score (nSPS) is 29.6. The molecule has 0 atom stereocenters. The fourth-order valence-electron chi connectivity index (χ4n) is 3.39. The number of nitrogens with zero attached hydrogens (tertiary/aromatic N) is 1. The molecule has 3 heterocycles. The Morgan fingerprint density at radius 2 is 1.47 bits per heavy atom. The minimum atomic E-state index is 1.08. The van der Waals surface area contributed by atoms with Gasteiger partial charge >= 0.3 is 0 Å². The van der Waals surface area contributed by atoms with Gasteiger partial charge in [-0.1, -0.05) is 0 Å². The maximum Gasteiger partial charge on any atom is 0.133 e. The third-order valence-corrected chi connectivity index (χ3v) is 4.50. The largest absolute Gasteiger partial charge is 0.337 e. The molecule has 1 saturated carbocycles. The van der Waals surface area contributed by atoms with E-state index in [9.17, 15) is 0 Å². The molecule has 3 fully saturated rings. The molecule has 3 aliphatic rings. The highest BCUT2D eigenvalue weighted by atomic mass is 15.1. The molecule has 0 amide bonds. The summed E-state index contributed by atoms with van der Waals surface area (Å²) in [6.07, 6.45) is 9.73. The Labute approximate surface area is 117 Å². The van der Waals surface area contributed by atoms with Gasteiger partial charge in [-0.15, -0.1) is 0 Å². The van der Waals surface area contributed by atoms with Crippen LogP contribution >= 0.6 is 0 Å². The minimum absolute atomic E-state index is 1.08. The van der Waals surface area contributed by atoms with Crippen LogP contribution in [-0.4, -0.2) is 39.2 Å². The predicted molar refractivity (Wildman–Crippen MR) is 78.8 cm³/mol. The Bertz CT molecular complexity index is 342. The summed E-state index contributed by atoms with van der Waals surface area (Å²) in [7, 11) is 6.54. The number of hydrogen-bond donors (Lipinski definition) is 2. The number of aromatic nitrogens is 1. The molecule has 3 nitrogen and oxygen atoms in total. The van der Waals surface area contributed by atoms with Gasteiger partial charge < -0.3 is 9.80 Å². The molecular formula is C16H29N3+2. The summed E-state index contributed by atoms with van der Waals surface area (Å²) in [6.45, 7) is 2.91. The monoisotopic (exact) mass is 263 g/mol. The predicted octanol–water partition coefficient (Wildman–Crippen LogP) is 0.179. The highest BCUT2D eigenvalue weighted by Gasteiger charge is 2.29. The second-order valence-corrected chi connectivity index (χ2v) is 6.49. The Balaban J connectivity index is 0.000000141. The van der Waals surface area contributed by atoms with Gasteiger partial charge in [0.1, 0.15) is 5.69 Å². The van der Waals surface area contributed by atoms with E-state index in [2.05, 4.69) is 26.1 Å². The Morgan fingerprint density at radius 3 is 1.84 bits per heavy atom. The molecule has 1 aromatic heterocycles. The second kappa shape index (κ2) is 7.01. The maximum atomic E-state index is 3.91. The van der Waals surface area contributed by atoms with Crippen LogP contribution in [0.4, 0.5) is 5.69 Å². The molecule has 2 bridgehead atoms. The summed E-state index contributed by atoms with van der Waals surface area (Å²) in [6, 6.07) is 4.02. The standard InChI is InChI=1S/C9H17N.C7H10N2/c1-10-6-8-2-3-9(7-10)5-4-8;1-9(2)7-3-5-8-6-4-7/h8-9H,2-7H2,1H3;3-6H,1-2H3/p+2. The van der Waals surface area contributed by atoms with Crippen molar-refractivity contribution in [3.05, 3.63) is 24.5 Å². The zero-order valence-electron chi connectivity index (χ0n) is 12.7. The first-order valence-corrected chi connectivity index (χ1v) is 7.67. The van der Waals surface area contributed by atoms with E-state index in [-0.39, 0.29) is 0 Å². The zero-order chi connectivity index (χ0) is 13.7. The van der Waals surface area contributed by atoms with E-state index in [0.717, 1.165) is 11.8 Å². The summed E-state index contributed by atoms with van der Waals surface area (Å²) in [5.74, 6) is 2.16. The van der Waals surface area contributed by atoms with Gasteiger partial charge in [-0.05, 0) is 25.7 Å². The van der Waals surface area contributed by atoms with Gasteiger partial charge in [0.15, 0.2) is 0 Å². The molecular weight excluding hydrogens is 234 g/mol. The SMILES string of the molecule is C[NH+](C)c1ccncc1.C[NH+]1CC2CCC(CC2)C1. The van der Waals surface area contributed by atoms with E-state index < -0.39 is 0 Å². The van der Waals surface area contributed by atoms with Crippen LogP contribution in [-0.2, 0) is 0 Å². The first-order chi connectivity index (χ1) is 9.15. The van der Waals surface area contributed by atoms with Crippen LogP contribution in [0.15, 0.2) is 24.5 Å². The molecule has 4 rings (SSSR count). The summed E-state index contributed by atoms with van der Waals surface area (Å²) in [4.78, 5) is 7.03. The average molecular weight is 263 g/mol. The van der Waals surface area contributed by atoms with Crippen LogP contribution < -0.4 is 9.80 Å². The third kappa shape index (κ3) is 4.59. The molecule has 0 aromatic carbocycles. The molecule has 1 aliphatic carbocycles. The number of pyridine rings is 1. The van der Waals surface area contributed by atoms with Crippen molar-refractivity contribution < 1.29 is 9.80 Å². The van der Waals surface area contributed by atoms with Gasteiger partial charge in [0.2, 0.25) is 0 Å².